The molecule has 3 heterocycles. The van der Waals surface area contributed by atoms with Crippen molar-refractivity contribution in [2.75, 3.05) is 25.1 Å². The number of carbonyl (C=O) groups is 2. The predicted molar refractivity (Wildman–Crippen MR) is 142 cm³/mol. The molecule has 2 aromatic heterocycles. The van der Waals surface area contributed by atoms with Crippen LogP contribution in [0.3, 0.4) is 0 Å². The first kappa shape index (κ1) is 25.6. The lowest BCUT2D eigenvalue weighted by atomic mass is 9.99. The first-order chi connectivity index (χ1) is 18.6. The number of amides is 2. The van der Waals surface area contributed by atoms with Crippen molar-refractivity contribution in [3.05, 3.63) is 89.1 Å². The summed E-state index contributed by atoms with van der Waals surface area (Å²) in [6.45, 7) is 4.50. The second kappa shape index (κ2) is 12.0. The fourth-order valence-electron chi connectivity index (χ4n) is 4.58. The van der Waals surface area contributed by atoms with Crippen molar-refractivity contribution in [1.82, 2.24) is 15.5 Å². The Bertz CT molecular complexity index is 1430. The number of aromatic nitrogens is 2. The molecule has 196 valence electrons. The molecule has 0 spiro atoms. The van der Waals surface area contributed by atoms with Gasteiger partial charge in [-0.25, -0.2) is 4.98 Å². The maximum absolute atomic E-state index is 13.4. The smallest absolute Gasteiger partial charge is 0.272 e. The summed E-state index contributed by atoms with van der Waals surface area (Å²) in [6.07, 6.45) is 3.38. The van der Waals surface area contributed by atoms with E-state index >= 15 is 0 Å². The first-order valence-corrected chi connectivity index (χ1v) is 12.7. The minimum Gasteiger partial charge on any atom is -0.381 e. The van der Waals surface area contributed by atoms with Crippen LogP contribution in [0, 0.1) is 12.8 Å². The number of anilines is 1. The molecule has 38 heavy (non-hydrogen) atoms. The molecule has 4 aromatic rings. The van der Waals surface area contributed by atoms with Crippen molar-refractivity contribution < 1.29 is 23.6 Å². The third-order valence-corrected chi connectivity index (χ3v) is 6.61. The SMILES string of the molecule is Cc1cc(COCc2ccc(C(=O)Nc3cccnc3C(=O)NCC3CCOCC3)c3ccccc23)no1. The van der Waals surface area contributed by atoms with E-state index in [0.717, 1.165) is 40.6 Å². The second-order valence-corrected chi connectivity index (χ2v) is 9.36. The highest BCUT2D eigenvalue weighted by Gasteiger charge is 2.20. The summed E-state index contributed by atoms with van der Waals surface area (Å²) in [6, 6.07) is 16.6. The summed E-state index contributed by atoms with van der Waals surface area (Å²) >= 11 is 0. The van der Waals surface area contributed by atoms with Crippen LogP contribution in [0.25, 0.3) is 10.8 Å². The van der Waals surface area contributed by atoms with E-state index in [2.05, 4.69) is 20.8 Å². The van der Waals surface area contributed by atoms with Crippen LogP contribution < -0.4 is 10.6 Å². The molecule has 9 heteroatoms. The molecule has 0 saturated carbocycles. The van der Waals surface area contributed by atoms with Crippen molar-refractivity contribution in [1.29, 1.82) is 0 Å². The molecule has 0 atom stereocenters. The monoisotopic (exact) mass is 514 g/mol. The minimum absolute atomic E-state index is 0.185. The van der Waals surface area contributed by atoms with Gasteiger partial charge in [0.05, 0.1) is 18.9 Å². The molecule has 5 rings (SSSR count). The number of hydrogen-bond donors (Lipinski definition) is 2. The number of nitrogens with zero attached hydrogens (tertiary/aromatic N) is 2. The van der Waals surface area contributed by atoms with Gasteiger partial charge >= 0.3 is 0 Å². The van der Waals surface area contributed by atoms with Crippen molar-refractivity contribution in [2.24, 2.45) is 5.92 Å². The number of hydrogen-bond acceptors (Lipinski definition) is 7. The summed E-state index contributed by atoms with van der Waals surface area (Å²) < 4.78 is 16.3. The van der Waals surface area contributed by atoms with Crippen molar-refractivity contribution in [3.63, 3.8) is 0 Å². The topological polar surface area (TPSA) is 116 Å². The van der Waals surface area contributed by atoms with Crippen LogP contribution in [0.4, 0.5) is 5.69 Å². The zero-order chi connectivity index (χ0) is 26.3. The van der Waals surface area contributed by atoms with Crippen LogP contribution in [-0.4, -0.2) is 41.7 Å². The number of pyridine rings is 1. The van der Waals surface area contributed by atoms with Gasteiger partial charge in [-0.15, -0.1) is 0 Å². The summed E-state index contributed by atoms with van der Waals surface area (Å²) in [5.41, 5.74) is 2.72. The van der Waals surface area contributed by atoms with Gasteiger partial charge in [0, 0.05) is 37.6 Å². The quantitative estimate of drug-likeness (QED) is 0.334. The Morgan fingerprint density at radius 3 is 2.61 bits per heavy atom. The third kappa shape index (κ3) is 6.07. The van der Waals surface area contributed by atoms with Gasteiger partial charge in [-0.1, -0.05) is 35.5 Å². The molecular formula is C29H30N4O5. The fourth-order valence-corrected chi connectivity index (χ4v) is 4.58. The summed E-state index contributed by atoms with van der Waals surface area (Å²) in [4.78, 5) is 30.5. The number of fused-ring (bicyclic) bond motifs is 1. The van der Waals surface area contributed by atoms with E-state index in [1.165, 1.54) is 0 Å². The average Bonchev–Trinajstić information content (AvgIpc) is 3.37. The molecular weight excluding hydrogens is 484 g/mol. The Kier molecular flexibility index (Phi) is 8.06. The molecule has 1 fully saturated rings. The predicted octanol–water partition coefficient (Wildman–Crippen LogP) is 4.66. The fraction of sp³-hybridized carbons (Fsp3) is 0.310. The van der Waals surface area contributed by atoms with E-state index in [0.29, 0.717) is 50.1 Å². The maximum Gasteiger partial charge on any atom is 0.272 e. The molecule has 2 amide bonds. The maximum atomic E-state index is 13.4. The highest BCUT2D eigenvalue weighted by atomic mass is 16.5. The van der Waals surface area contributed by atoms with Gasteiger partial charge in [0.25, 0.3) is 11.8 Å². The van der Waals surface area contributed by atoms with Crippen LogP contribution in [0.2, 0.25) is 0 Å². The molecule has 2 N–H and O–H groups in total. The molecule has 0 aliphatic carbocycles. The molecule has 0 unspecified atom stereocenters. The Balaban J connectivity index is 1.29. The normalized spacial score (nSPS) is 13.9. The van der Waals surface area contributed by atoms with E-state index in [9.17, 15) is 9.59 Å². The first-order valence-electron chi connectivity index (χ1n) is 12.7. The van der Waals surface area contributed by atoms with E-state index in [-0.39, 0.29) is 17.5 Å². The van der Waals surface area contributed by atoms with Crippen LogP contribution in [-0.2, 0) is 22.7 Å². The van der Waals surface area contributed by atoms with Gasteiger partial charge in [-0.05, 0) is 60.2 Å². The van der Waals surface area contributed by atoms with Crippen LogP contribution in [0.5, 0.6) is 0 Å². The highest BCUT2D eigenvalue weighted by Crippen LogP contribution is 2.25. The number of nitrogens with one attached hydrogen (secondary N) is 2. The molecule has 0 bridgehead atoms. The van der Waals surface area contributed by atoms with Crippen molar-refractivity contribution in [2.45, 2.75) is 33.0 Å². The summed E-state index contributed by atoms with van der Waals surface area (Å²) in [5, 5.41) is 11.5. The zero-order valence-corrected chi connectivity index (χ0v) is 21.2. The van der Waals surface area contributed by atoms with Gasteiger partial charge in [0.15, 0.2) is 5.69 Å². The summed E-state index contributed by atoms with van der Waals surface area (Å²) in [7, 11) is 0. The van der Waals surface area contributed by atoms with Crippen LogP contribution in [0.15, 0.2) is 65.3 Å². The number of carbonyl (C=O) groups excluding carboxylic acids is 2. The van der Waals surface area contributed by atoms with Gasteiger partial charge in [-0.2, -0.15) is 0 Å². The highest BCUT2D eigenvalue weighted by molar-refractivity contribution is 6.15. The van der Waals surface area contributed by atoms with E-state index < -0.39 is 0 Å². The number of benzene rings is 2. The van der Waals surface area contributed by atoms with E-state index in [1.54, 1.807) is 24.4 Å². The standard InChI is InChI=1S/C29H30N4O5/c1-19-15-22(33-38-19)18-37-17-21-8-9-25(24-6-3-2-5-23(21)24)28(34)32-26-7-4-12-30-27(26)29(35)31-16-20-10-13-36-14-11-20/h2-9,12,15,20H,10-11,13-14,16-18H2,1H3,(H,31,35)(H,32,34). The van der Waals surface area contributed by atoms with Gasteiger partial charge in [0.1, 0.15) is 11.5 Å². The molecule has 1 saturated heterocycles. The Morgan fingerprint density at radius 2 is 1.82 bits per heavy atom. The van der Waals surface area contributed by atoms with Gasteiger partial charge in [-0.3, -0.25) is 9.59 Å². The Morgan fingerprint density at radius 1 is 1.00 bits per heavy atom. The Labute approximate surface area is 220 Å². The lowest BCUT2D eigenvalue weighted by Crippen LogP contribution is -2.33. The summed E-state index contributed by atoms with van der Waals surface area (Å²) in [5.74, 6) is 0.478. The van der Waals surface area contributed by atoms with Crippen LogP contribution >= 0.6 is 0 Å². The number of ether oxygens (including phenoxy) is 2. The molecule has 0 radical (unpaired) electrons. The lowest BCUT2D eigenvalue weighted by Gasteiger charge is -2.22. The van der Waals surface area contributed by atoms with Crippen molar-refractivity contribution >= 4 is 28.3 Å². The number of aryl methyl sites for hydroxylation is 1. The molecule has 1 aliphatic heterocycles. The zero-order valence-electron chi connectivity index (χ0n) is 21.2. The van der Waals surface area contributed by atoms with E-state index in [1.807, 2.05) is 43.3 Å². The van der Waals surface area contributed by atoms with Gasteiger partial charge in [0.2, 0.25) is 0 Å². The molecule has 2 aromatic carbocycles. The third-order valence-electron chi connectivity index (χ3n) is 6.61. The molecule has 1 aliphatic rings. The largest absolute Gasteiger partial charge is 0.381 e. The Hall–Kier alpha value is -4.08. The number of rotatable bonds is 9. The average molecular weight is 515 g/mol. The lowest BCUT2D eigenvalue weighted by molar-refractivity contribution is 0.0642. The second-order valence-electron chi connectivity index (χ2n) is 9.36. The molecule has 9 nitrogen and oxygen atoms in total. The van der Waals surface area contributed by atoms with E-state index in [4.69, 9.17) is 14.0 Å². The van der Waals surface area contributed by atoms with Crippen LogP contribution in [0.1, 0.15) is 50.7 Å². The van der Waals surface area contributed by atoms with Crippen molar-refractivity contribution in [3.8, 4) is 0 Å². The van der Waals surface area contributed by atoms with Gasteiger partial charge < -0.3 is 24.6 Å². The minimum atomic E-state index is -0.321.